The summed E-state index contributed by atoms with van der Waals surface area (Å²) in [5, 5.41) is 3.53. The van der Waals surface area contributed by atoms with Gasteiger partial charge in [0.15, 0.2) is 0 Å². The molecule has 2 fully saturated rings. The number of amides is 1. The van der Waals surface area contributed by atoms with Crippen LogP contribution in [0.3, 0.4) is 0 Å². The summed E-state index contributed by atoms with van der Waals surface area (Å²) in [6, 6.07) is 5.36. The van der Waals surface area contributed by atoms with E-state index in [9.17, 15) is 4.79 Å². The molecule has 1 amide bonds. The molecule has 2 heterocycles. The molecule has 0 saturated carbocycles. The Bertz CT molecular complexity index is 577. The SMILES string of the molecule is COCCOc1ccc(NC(=O)C23CCCN(CC2)C3)cc1Cl. The molecule has 2 aliphatic heterocycles. The third kappa shape index (κ3) is 3.62. The molecule has 2 bridgehead atoms. The van der Waals surface area contributed by atoms with Crippen LogP contribution in [0.15, 0.2) is 18.2 Å². The van der Waals surface area contributed by atoms with Crippen LogP contribution in [0.1, 0.15) is 19.3 Å². The van der Waals surface area contributed by atoms with Gasteiger partial charge in [-0.3, -0.25) is 4.79 Å². The number of piperidine rings is 1. The van der Waals surface area contributed by atoms with E-state index in [-0.39, 0.29) is 11.3 Å². The summed E-state index contributed by atoms with van der Waals surface area (Å²) in [5.74, 6) is 0.716. The number of carbonyl (C=O) groups is 1. The zero-order valence-electron chi connectivity index (χ0n) is 13.4. The van der Waals surface area contributed by atoms with Crippen LogP contribution in [0, 0.1) is 5.41 Å². The fourth-order valence-corrected chi connectivity index (χ4v) is 3.72. The lowest BCUT2D eigenvalue weighted by molar-refractivity contribution is -0.126. The number of methoxy groups -OCH3 is 1. The maximum absolute atomic E-state index is 12.7. The predicted octanol–water partition coefficient (Wildman–Crippen LogP) is 2.79. The van der Waals surface area contributed by atoms with E-state index in [4.69, 9.17) is 21.1 Å². The highest BCUT2D eigenvalue weighted by atomic mass is 35.5. The van der Waals surface area contributed by atoms with Gasteiger partial charge in [0.2, 0.25) is 5.91 Å². The van der Waals surface area contributed by atoms with Gasteiger partial charge in [0.1, 0.15) is 12.4 Å². The number of nitrogens with zero attached hydrogens (tertiary/aromatic N) is 1. The van der Waals surface area contributed by atoms with E-state index in [1.807, 2.05) is 6.07 Å². The number of hydrogen-bond donors (Lipinski definition) is 1. The van der Waals surface area contributed by atoms with E-state index in [1.165, 1.54) is 0 Å². The Balaban J connectivity index is 1.63. The average molecular weight is 339 g/mol. The summed E-state index contributed by atoms with van der Waals surface area (Å²) in [7, 11) is 1.62. The lowest BCUT2D eigenvalue weighted by atomic mass is 9.80. The Hall–Kier alpha value is -1.30. The van der Waals surface area contributed by atoms with Crippen molar-refractivity contribution in [1.29, 1.82) is 0 Å². The number of fused-ring (bicyclic) bond motifs is 2. The van der Waals surface area contributed by atoms with Gasteiger partial charge in [0.05, 0.1) is 17.0 Å². The minimum atomic E-state index is -0.224. The normalized spacial score (nSPS) is 26.1. The highest BCUT2D eigenvalue weighted by Crippen LogP contribution is 2.40. The molecule has 5 nitrogen and oxygen atoms in total. The maximum atomic E-state index is 12.7. The molecule has 0 aliphatic carbocycles. The van der Waals surface area contributed by atoms with Gasteiger partial charge in [-0.2, -0.15) is 0 Å². The zero-order chi connectivity index (χ0) is 16.3. The number of hydrogen-bond acceptors (Lipinski definition) is 4. The van der Waals surface area contributed by atoms with Crippen molar-refractivity contribution in [2.75, 3.05) is 45.3 Å². The van der Waals surface area contributed by atoms with Crippen LogP contribution in [0.25, 0.3) is 0 Å². The van der Waals surface area contributed by atoms with Crippen molar-refractivity contribution in [3.63, 3.8) is 0 Å². The molecule has 0 spiro atoms. The number of rotatable bonds is 6. The first-order valence-electron chi connectivity index (χ1n) is 8.08. The second kappa shape index (κ2) is 7.07. The molecule has 3 rings (SSSR count). The molecule has 6 heteroatoms. The van der Waals surface area contributed by atoms with Gasteiger partial charge in [-0.25, -0.2) is 0 Å². The monoisotopic (exact) mass is 338 g/mol. The first kappa shape index (κ1) is 16.6. The number of ether oxygens (including phenoxy) is 2. The van der Waals surface area contributed by atoms with Crippen molar-refractivity contribution >= 4 is 23.2 Å². The highest BCUT2D eigenvalue weighted by molar-refractivity contribution is 6.32. The minimum absolute atomic E-state index is 0.115. The molecule has 23 heavy (non-hydrogen) atoms. The van der Waals surface area contributed by atoms with Gasteiger partial charge in [0.25, 0.3) is 0 Å². The number of benzene rings is 1. The largest absolute Gasteiger partial charge is 0.490 e. The second-order valence-corrected chi connectivity index (χ2v) is 6.76. The molecule has 126 valence electrons. The van der Waals surface area contributed by atoms with Crippen molar-refractivity contribution in [2.24, 2.45) is 5.41 Å². The van der Waals surface area contributed by atoms with Crippen molar-refractivity contribution in [1.82, 2.24) is 4.90 Å². The first-order valence-corrected chi connectivity index (χ1v) is 8.46. The molecule has 2 saturated heterocycles. The van der Waals surface area contributed by atoms with Gasteiger partial charge in [-0.15, -0.1) is 0 Å². The van der Waals surface area contributed by atoms with Crippen LogP contribution < -0.4 is 10.1 Å². The van der Waals surface area contributed by atoms with Crippen molar-refractivity contribution in [2.45, 2.75) is 19.3 Å². The summed E-state index contributed by atoms with van der Waals surface area (Å²) in [5.41, 5.74) is 0.496. The van der Waals surface area contributed by atoms with Crippen molar-refractivity contribution in [3.8, 4) is 5.75 Å². The highest BCUT2D eigenvalue weighted by Gasteiger charge is 2.46. The van der Waals surface area contributed by atoms with Crippen LogP contribution in [0.2, 0.25) is 5.02 Å². The predicted molar refractivity (Wildman–Crippen MR) is 90.2 cm³/mol. The molecular formula is C17H23ClN2O3. The van der Waals surface area contributed by atoms with E-state index in [1.54, 1.807) is 19.2 Å². The molecule has 2 unspecified atom stereocenters. The zero-order valence-corrected chi connectivity index (χ0v) is 14.2. The molecule has 2 atom stereocenters. The Morgan fingerprint density at radius 2 is 2.22 bits per heavy atom. The third-order valence-corrected chi connectivity index (χ3v) is 5.07. The Morgan fingerprint density at radius 1 is 1.35 bits per heavy atom. The Labute approximate surface area is 141 Å². The molecule has 2 aliphatic rings. The summed E-state index contributed by atoms with van der Waals surface area (Å²) in [6.45, 7) is 3.98. The third-order valence-electron chi connectivity index (χ3n) is 4.78. The molecule has 1 N–H and O–H groups in total. The molecule has 1 aromatic carbocycles. The van der Waals surface area contributed by atoms with Crippen LogP contribution >= 0.6 is 11.6 Å². The Kier molecular flexibility index (Phi) is 5.09. The van der Waals surface area contributed by atoms with Gasteiger partial charge in [-0.1, -0.05) is 11.6 Å². The van der Waals surface area contributed by atoms with Crippen LogP contribution in [0.5, 0.6) is 5.75 Å². The lowest BCUT2D eigenvalue weighted by Gasteiger charge is -2.32. The number of carbonyl (C=O) groups excluding carboxylic acids is 1. The fourth-order valence-electron chi connectivity index (χ4n) is 3.49. The summed E-state index contributed by atoms with van der Waals surface area (Å²) < 4.78 is 10.5. The fraction of sp³-hybridized carbons (Fsp3) is 0.588. The van der Waals surface area contributed by atoms with Gasteiger partial charge < -0.3 is 19.7 Å². The molecule has 0 aromatic heterocycles. The second-order valence-electron chi connectivity index (χ2n) is 6.35. The minimum Gasteiger partial charge on any atom is -0.490 e. The number of halogens is 1. The first-order chi connectivity index (χ1) is 11.1. The summed E-state index contributed by atoms with van der Waals surface area (Å²) in [6.07, 6.45) is 3.02. The van der Waals surface area contributed by atoms with Crippen molar-refractivity contribution < 1.29 is 14.3 Å². The smallest absolute Gasteiger partial charge is 0.231 e. The van der Waals surface area contributed by atoms with Gasteiger partial charge >= 0.3 is 0 Å². The topological polar surface area (TPSA) is 50.8 Å². The van der Waals surface area contributed by atoms with E-state index in [2.05, 4.69) is 10.2 Å². The van der Waals surface area contributed by atoms with E-state index in [0.717, 1.165) is 44.6 Å². The quantitative estimate of drug-likeness (QED) is 0.810. The summed E-state index contributed by atoms with van der Waals surface area (Å²) >= 11 is 6.23. The van der Waals surface area contributed by atoms with Gasteiger partial charge in [0, 0.05) is 19.3 Å². The average Bonchev–Trinajstić information content (AvgIpc) is 2.85. The van der Waals surface area contributed by atoms with E-state index < -0.39 is 0 Å². The van der Waals surface area contributed by atoms with Gasteiger partial charge in [-0.05, 0) is 50.6 Å². The Morgan fingerprint density at radius 3 is 3.00 bits per heavy atom. The maximum Gasteiger partial charge on any atom is 0.231 e. The summed E-state index contributed by atoms with van der Waals surface area (Å²) in [4.78, 5) is 15.1. The molecule has 1 aromatic rings. The lowest BCUT2D eigenvalue weighted by Crippen LogP contribution is -2.42. The number of anilines is 1. The molecular weight excluding hydrogens is 316 g/mol. The van der Waals surface area contributed by atoms with E-state index in [0.29, 0.717) is 24.0 Å². The van der Waals surface area contributed by atoms with Crippen molar-refractivity contribution in [3.05, 3.63) is 23.2 Å². The number of nitrogens with one attached hydrogen (secondary N) is 1. The van der Waals surface area contributed by atoms with Crippen LogP contribution in [0.4, 0.5) is 5.69 Å². The standard InChI is InChI=1S/C17H23ClN2O3/c1-22-9-10-23-15-4-3-13(11-14(15)18)19-16(21)17-5-2-7-20(12-17)8-6-17/h3-4,11H,2,5-10,12H2,1H3,(H,19,21). The van der Waals surface area contributed by atoms with Crippen LogP contribution in [-0.2, 0) is 9.53 Å². The molecule has 0 radical (unpaired) electrons. The van der Waals surface area contributed by atoms with E-state index >= 15 is 0 Å². The van der Waals surface area contributed by atoms with Crippen LogP contribution in [-0.4, -0.2) is 50.8 Å².